The van der Waals surface area contributed by atoms with E-state index in [2.05, 4.69) is 0 Å². The summed E-state index contributed by atoms with van der Waals surface area (Å²) in [5, 5.41) is 0. The van der Waals surface area contributed by atoms with Crippen LogP contribution >= 0.6 is 0 Å². The van der Waals surface area contributed by atoms with Crippen LogP contribution in [0, 0.1) is 0 Å². The van der Waals surface area contributed by atoms with Gasteiger partial charge in [-0.25, -0.2) is 4.79 Å². The van der Waals surface area contributed by atoms with Crippen LogP contribution < -0.4 is 0 Å². The Bertz CT molecular complexity index is 1210. The largest absolute Gasteiger partial charge is 0.444 e. The van der Waals surface area contributed by atoms with E-state index in [9.17, 15) is 35.9 Å². The van der Waals surface area contributed by atoms with E-state index in [-0.39, 0.29) is 30.4 Å². The molecule has 1 aliphatic rings. The highest BCUT2D eigenvalue weighted by atomic mass is 19.4. The third kappa shape index (κ3) is 8.10. The number of hydrogen-bond donors (Lipinski definition) is 0. The minimum Gasteiger partial charge on any atom is -0.444 e. The van der Waals surface area contributed by atoms with Crippen LogP contribution in [0.5, 0.6) is 0 Å². The third-order valence-electron chi connectivity index (χ3n) is 6.32. The van der Waals surface area contributed by atoms with Crippen molar-refractivity contribution in [1.29, 1.82) is 0 Å². The topological polar surface area (TPSA) is 46.6 Å². The Kier molecular flexibility index (Phi) is 8.87. The number of rotatable bonds is 7. The van der Waals surface area contributed by atoms with Gasteiger partial charge in [-0.3, -0.25) is 4.79 Å². The van der Waals surface area contributed by atoms with Crippen molar-refractivity contribution in [2.24, 2.45) is 0 Å². The second-order valence-corrected chi connectivity index (χ2v) is 10.5. The number of aryl methyl sites for hydroxylation is 1. The molecule has 0 spiro atoms. The zero-order valence-electron chi connectivity index (χ0n) is 22.2. The van der Waals surface area contributed by atoms with Gasteiger partial charge < -0.3 is 9.64 Å². The highest BCUT2D eigenvalue weighted by molar-refractivity contribution is 5.93. The number of allylic oxidation sites excluding steroid dienone is 1. The van der Waals surface area contributed by atoms with E-state index in [1.165, 1.54) is 11.0 Å². The minimum atomic E-state index is -4.96. The monoisotopic (exact) mass is 555 g/mol. The van der Waals surface area contributed by atoms with Gasteiger partial charge in [-0.1, -0.05) is 31.2 Å². The van der Waals surface area contributed by atoms with E-state index >= 15 is 0 Å². The molecule has 0 saturated heterocycles. The summed E-state index contributed by atoms with van der Waals surface area (Å²) >= 11 is 0. The first-order valence-electron chi connectivity index (χ1n) is 12.6. The van der Waals surface area contributed by atoms with E-state index in [0.717, 1.165) is 16.7 Å². The Morgan fingerprint density at radius 2 is 1.59 bits per heavy atom. The molecule has 10 heteroatoms. The average Bonchev–Trinajstić information content (AvgIpc) is 3.23. The van der Waals surface area contributed by atoms with Gasteiger partial charge in [0.2, 0.25) is 0 Å². The number of halogens is 6. The molecule has 0 radical (unpaired) electrons. The highest BCUT2D eigenvalue weighted by Crippen LogP contribution is 2.39. The standard InChI is InChI=1S/C29H31F6NO3/c1-5-23(37)9-6-18-7-10-24-20(14-18)8-11-25(24)36(26(38)39-27(2,3)4)13-12-19-15-21(28(30,31)32)17-22(16-19)29(33,34)35/h6-7,9-10,14-17,25H,5,8,11-13H2,1-4H3/b9-6+. The second kappa shape index (κ2) is 11.4. The van der Waals surface area contributed by atoms with Gasteiger partial charge in [0, 0.05) is 13.0 Å². The number of hydrogen-bond acceptors (Lipinski definition) is 3. The molecule has 0 aliphatic heterocycles. The van der Waals surface area contributed by atoms with Crippen LogP contribution in [0.25, 0.3) is 6.08 Å². The number of amides is 1. The van der Waals surface area contributed by atoms with Crippen molar-refractivity contribution in [2.75, 3.05) is 6.54 Å². The lowest BCUT2D eigenvalue weighted by Crippen LogP contribution is -2.40. The lowest BCUT2D eigenvalue weighted by molar-refractivity contribution is -0.143. The van der Waals surface area contributed by atoms with Crippen LogP contribution in [0.15, 0.2) is 42.5 Å². The van der Waals surface area contributed by atoms with Gasteiger partial charge in [0.1, 0.15) is 5.60 Å². The molecule has 4 nitrogen and oxygen atoms in total. The third-order valence-corrected chi connectivity index (χ3v) is 6.32. The minimum absolute atomic E-state index is 0.0206. The maximum Gasteiger partial charge on any atom is 0.416 e. The average molecular weight is 556 g/mol. The fourth-order valence-electron chi connectivity index (χ4n) is 4.46. The molecular formula is C29H31F6NO3. The molecule has 0 heterocycles. The summed E-state index contributed by atoms with van der Waals surface area (Å²) in [5.41, 5.74) is -1.28. The van der Waals surface area contributed by atoms with Crippen molar-refractivity contribution >= 4 is 18.0 Å². The summed E-state index contributed by atoms with van der Waals surface area (Å²) in [7, 11) is 0. The summed E-state index contributed by atoms with van der Waals surface area (Å²) < 4.78 is 85.6. The zero-order valence-corrected chi connectivity index (χ0v) is 22.2. The number of carbonyl (C=O) groups excluding carboxylic acids is 2. The summed E-state index contributed by atoms with van der Waals surface area (Å²) in [6.07, 6.45) is -6.18. The zero-order chi connectivity index (χ0) is 29.2. The maximum absolute atomic E-state index is 13.3. The van der Waals surface area contributed by atoms with Gasteiger partial charge in [-0.15, -0.1) is 0 Å². The van der Waals surface area contributed by atoms with Crippen molar-refractivity contribution in [1.82, 2.24) is 4.90 Å². The van der Waals surface area contributed by atoms with E-state index in [1.807, 2.05) is 12.1 Å². The first-order chi connectivity index (χ1) is 18.0. The van der Waals surface area contributed by atoms with Crippen LogP contribution in [0.3, 0.4) is 0 Å². The molecule has 1 amide bonds. The summed E-state index contributed by atoms with van der Waals surface area (Å²) in [6, 6.07) is 6.51. The maximum atomic E-state index is 13.3. The first-order valence-corrected chi connectivity index (χ1v) is 12.6. The van der Waals surface area contributed by atoms with E-state index in [4.69, 9.17) is 4.74 Å². The molecule has 39 heavy (non-hydrogen) atoms. The first kappa shape index (κ1) is 30.2. The fourth-order valence-corrected chi connectivity index (χ4v) is 4.46. The quantitative estimate of drug-likeness (QED) is 0.256. The van der Waals surface area contributed by atoms with Crippen molar-refractivity contribution < 1.29 is 40.7 Å². The Morgan fingerprint density at radius 1 is 0.974 bits per heavy atom. The van der Waals surface area contributed by atoms with Crippen LogP contribution in [0.4, 0.5) is 31.1 Å². The van der Waals surface area contributed by atoms with Gasteiger partial charge in [0.05, 0.1) is 17.2 Å². The molecule has 0 aromatic heterocycles. The predicted octanol–water partition coefficient (Wildman–Crippen LogP) is 8.18. The molecule has 212 valence electrons. The Morgan fingerprint density at radius 3 is 2.13 bits per heavy atom. The molecule has 0 bridgehead atoms. The fraction of sp³-hybridized carbons (Fsp3) is 0.448. The molecule has 2 aromatic rings. The van der Waals surface area contributed by atoms with E-state index in [1.54, 1.807) is 39.8 Å². The van der Waals surface area contributed by atoms with Crippen LogP contribution in [-0.4, -0.2) is 28.9 Å². The number of fused-ring (bicyclic) bond motifs is 1. The molecular weight excluding hydrogens is 524 g/mol. The molecule has 1 aliphatic carbocycles. The summed E-state index contributed by atoms with van der Waals surface area (Å²) in [5.74, 6) is -0.0206. The Labute approximate surface area is 223 Å². The molecule has 0 fully saturated rings. The Balaban J connectivity index is 1.93. The van der Waals surface area contributed by atoms with Gasteiger partial charge in [-0.05, 0) is 86.6 Å². The number of alkyl halides is 6. The van der Waals surface area contributed by atoms with E-state index < -0.39 is 41.2 Å². The molecule has 0 N–H and O–H groups in total. The van der Waals surface area contributed by atoms with Crippen molar-refractivity contribution in [3.63, 3.8) is 0 Å². The summed E-state index contributed by atoms with van der Waals surface area (Å²) in [6.45, 7) is 6.62. The smallest absolute Gasteiger partial charge is 0.416 e. The lowest BCUT2D eigenvalue weighted by Gasteiger charge is -2.32. The van der Waals surface area contributed by atoms with Gasteiger partial charge >= 0.3 is 18.4 Å². The number of nitrogens with zero attached hydrogens (tertiary/aromatic N) is 1. The van der Waals surface area contributed by atoms with Crippen molar-refractivity contribution in [2.45, 2.75) is 77.4 Å². The number of carbonyl (C=O) groups is 2. The number of ketones is 1. The molecule has 2 aromatic carbocycles. The second-order valence-electron chi connectivity index (χ2n) is 10.5. The van der Waals surface area contributed by atoms with Crippen molar-refractivity contribution in [3.8, 4) is 0 Å². The Hall–Kier alpha value is -3.30. The molecule has 1 unspecified atom stereocenters. The van der Waals surface area contributed by atoms with Crippen molar-refractivity contribution in [3.05, 3.63) is 75.9 Å². The normalized spacial score (nSPS) is 15.9. The number of benzene rings is 2. The summed E-state index contributed by atoms with van der Waals surface area (Å²) in [4.78, 5) is 26.2. The van der Waals surface area contributed by atoms with Crippen LogP contribution in [0.2, 0.25) is 0 Å². The highest BCUT2D eigenvalue weighted by Gasteiger charge is 2.38. The van der Waals surface area contributed by atoms with Gasteiger partial charge in [0.25, 0.3) is 0 Å². The van der Waals surface area contributed by atoms with Crippen LogP contribution in [-0.2, 0) is 34.7 Å². The molecule has 0 saturated carbocycles. The van der Waals surface area contributed by atoms with Gasteiger partial charge in [-0.2, -0.15) is 26.3 Å². The van der Waals surface area contributed by atoms with E-state index in [0.29, 0.717) is 31.4 Å². The number of ether oxygens (including phenoxy) is 1. The van der Waals surface area contributed by atoms with Gasteiger partial charge in [0.15, 0.2) is 5.78 Å². The SMILES string of the molecule is CCC(=O)/C=C/c1ccc2c(c1)CCC2N(CCc1cc(C(F)(F)F)cc(C(F)(F)F)c1)C(=O)OC(C)(C)C. The van der Waals surface area contributed by atoms with Crippen LogP contribution in [0.1, 0.15) is 80.0 Å². The predicted molar refractivity (Wildman–Crippen MR) is 135 cm³/mol. The molecule has 3 rings (SSSR count). The lowest BCUT2D eigenvalue weighted by atomic mass is 10.0. The molecule has 1 atom stereocenters.